The molecular formula is C15H18FNO3S. The van der Waals surface area contributed by atoms with Crippen molar-refractivity contribution in [2.45, 2.75) is 30.7 Å². The van der Waals surface area contributed by atoms with Gasteiger partial charge in [0.2, 0.25) is 0 Å². The highest BCUT2D eigenvalue weighted by molar-refractivity contribution is 8.00. The summed E-state index contributed by atoms with van der Waals surface area (Å²) in [5.41, 5.74) is 0. The number of halogens is 1. The van der Waals surface area contributed by atoms with Gasteiger partial charge in [0.05, 0.1) is 5.75 Å². The molecule has 1 N–H and O–H groups in total. The number of hydrogen-bond donors (Lipinski definition) is 1. The van der Waals surface area contributed by atoms with E-state index in [-0.39, 0.29) is 30.1 Å². The van der Waals surface area contributed by atoms with Gasteiger partial charge in [-0.2, -0.15) is 0 Å². The fraction of sp³-hybridized carbons (Fsp3) is 0.467. The normalized spacial score (nSPS) is 15.3. The van der Waals surface area contributed by atoms with E-state index in [2.05, 4.69) is 5.32 Å². The van der Waals surface area contributed by atoms with Crippen LogP contribution in [0.3, 0.4) is 0 Å². The van der Waals surface area contributed by atoms with Crippen molar-refractivity contribution in [3.63, 3.8) is 0 Å². The summed E-state index contributed by atoms with van der Waals surface area (Å²) in [7, 11) is 0. The molecule has 1 saturated carbocycles. The van der Waals surface area contributed by atoms with E-state index in [1.54, 1.807) is 18.2 Å². The van der Waals surface area contributed by atoms with Crippen molar-refractivity contribution >= 4 is 23.6 Å². The lowest BCUT2D eigenvalue weighted by atomic mass is 10.2. The smallest absolute Gasteiger partial charge is 0.316 e. The summed E-state index contributed by atoms with van der Waals surface area (Å²) in [6, 6.07) is 6.34. The van der Waals surface area contributed by atoms with Crippen LogP contribution in [0.15, 0.2) is 29.2 Å². The Morgan fingerprint density at radius 2 is 2.14 bits per heavy atom. The fourth-order valence-electron chi connectivity index (χ4n) is 1.90. The molecule has 0 spiro atoms. The summed E-state index contributed by atoms with van der Waals surface area (Å²) in [4.78, 5) is 23.5. The van der Waals surface area contributed by atoms with Crippen LogP contribution < -0.4 is 5.32 Å². The maximum atomic E-state index is 13.3. The Hall–Kier alpha value is -1.56. The Kier molecular flexibility index (Phi) is 5.61. The van der Waals surface area contributed by atoms with Crippen LogP contribution in [0.4, 0.5) is 4.39 Å². The average molecular weight is 311 g/mol. The molecule has 0 bridgehead atoms. The molecule has 114 valence electrons. The van der Waals surface area contributed by atoms with Crippen LogP contribution in [0, 0.1) is 11.7 Å². The van der Waals surface area contributed by atoms with Gasteiger partial charge in [0.25, 0.3) is 5.91 Å². The van der Waals surface area contributed by atoms with Crippen LogP contribution in [0.1, 0.15) is 19.8 Å². The van der Waals surface area contributed by atoms with Gasteiger partial charge in [0.1, 0.15) is 5.82 Å². The quantitative estimate of drug-likeness (QED) is 0.620. The second-order valence-electron chi connectivity index (χ2n) is 5.07. The summed E-state index contributed by atoms with van der Waals surface area (Å²) in [6.07, 6.45) is 2.28. The van der Waals surface area contributed by atoms with E-state index in [1.807, 2.05) is 6.92 Å². The Labute approximate surface area is 127 Å². The Morgan fingerprint density at radius 3 is 2.81 bits per heavy atom. The van der Waals surface area contributed by atoms with E-state index < -0.39 is 5.97 Å². The van der Waals surface area contributed by atoms with Gasteiger partial charge in [-0.05, 0) is 37.8 Å². The van der Waals surface area contributed by atoms with E-state index in [0.717, 1.165) is 24.6 Å². The van der Waals surface area contributed by atoms with Crippen molar-refractivity contribution in [3.05, 3.63) is 30.1 Å². The molecule has 0 aromatic heterocycles. The first-order valence-corrected chi connectivity index (χ1v) is 7.87. The lowest BCUT2D eigenvalue weighted by Crippen LogP contribution is -2.37. The maximum absolute atomic E-state index is 13.3. The van der Waals surface area contributed by atoms with Crippen molar-refractivity contribution in [2.75, 3.05) is 12.4 Å². The van der Waals surface area contributed by atoms with Gasteiger partial charge in [-0.15, -0.1) is 11.8 Å². The first kappa shape index (κ1) is 15.8. The highest BCUT2D eigenvalue weighted by Crippen LogP contribution is 2.32. The summed E-state index contributed by atoms with van der Waals surface area (Å²) in [6.45, 7) is 1.67. The number of rotatable bonds is 7. The molecule has 0 unspecified atom stereocenters. The number of ether oxygens (including phenoxy) is 1. The molecule has 6 heteroatoms. The van der Waals surface area contributed by atoms with Gasteiger partial charge in [-0.25, -0.2) is 4.39 Å². The molecule has 2 rings (SSSR count). The molecule has 4 nitrogen and oxygen atoms in total. The van der Waals surface area contributed by atoms with E-state index in [9.17, 15) is 14.0 Å². The van der Waals surface area contributed by atoms with Gasteiger partial charge < -0.3 is 10.1 Å². The highest BCUT2D eigenvalue weighted by atomic mass is 32.2. The number of esters is 1. The highest BCUT2D eigenvalue weighted by Gasteiger charge is 2.28. The summed E-state index contributed by atoms with van der Waals surface area (Å²) in [5.74, 6) is -0.657. The minimum absolute atomic E-state index is 0.0214. The third-order valence-electron chi connectivity index (χ3n) is 3.26. The number of hydrogen-bond acceptors (Lipinski definition) is 4. The first-order chi connectivity index (χ1) is 10.1. The Morgan fingerprint density at radius 1 is 1.43 bits per heavy atom. The number of amides is 1. The van der Waals surface area contributed by atoms with E-state index in [1.165, 1.54) is 6.07 Å². The SMILES string of the molecule is C[C@H](NC(=O)COC(=O)CSc1ccccc1F)C1CC1. The monoisotopic (exact) mass is 311 g/mol. The second-order valence-corrected chi connectivity index (χ2v) is 6.09. The molecule has 0 heterocycles. The Balaban J connectivity index is 1.65. The molecular weight excluding hydrogens is 293 g/mol. The van der Waals surface area contributed by atoms with Crippen molar-refractivity contribution in [3.8, 4) is 0 Å². The molecule has 21 heavy (non-hydrogen) atoms. The van der Waals surface area contributed by atoms with Crippen LogP contribution in [0.25, 0.3) is 0 Å². The molecule has 1 aromatic rings. The maximum Gasteiger partial charge on any atom is 0.316 e. The third-order valence-corrected chi connectivity index (χ3v) is 4.29. The largest absolute Gasteiger partial charge is 0.455 e. The molecule has 0 saturated heterocycles. The van der Waals surface area contributed by atoms with Crippen LogP contribution in [-0.4, -0.2) is 30.3 Å². The zero-order valence-corrected chi connectivity index (χ0v) is 12.6. The molecule has 1 atom stereocenters. The predicted molar refractivity (Wildman–Crippen MR) is 78.4 cm³/mol. The first-order valence-electron chi connectivity index (χ1n) is 6.88. The average Bonchev–Trinajstić information content (AvgIpc) is 3.29. The molecule has 0 radical (unpaired) electrons. The summed E-state index contributed by atoms with van der Waals surface area (Å²) >= 11 is 1.05. The van der Waals surface area contributed by atoms with Crippen molar-refractivity contribution in [1.82, 2.24) is 5.32 Å². The molecule has 1 fully saturated rings. The lowest BCUT2D eigenvalue weighted by Gasteiger charge is -2.12. The number of nitrogens with one attached hydrogen (secondary N) is 1. The van der Waals surface area contributed by atoms with Crippen LogP contribution >= 0.6 is 11.8 Å². The van der Waals surface area contributed by atoms with Crippen molar-refractivity contribution in [2.24, 2.45) is 5.92 Å². The van der Waals surface area contributed by atoms with Gasteiger partial charge in [0, 0.05) is 10.9 Å². The topological polar surface area (TPSA) is 55.4 Å². The number of benzene rings is 1. The molecule has 1 aromatic carbocycles. The third kappa shape index (κ3) is 5.38. The van der Waals surface area contributed by atoms with Gasteiger partial charge in [-0.3, -0.25) is 9.59 Å². The van der Waals surface area contributed by atoms with E-state index >= 15 is 0 Å². The molecule has 0 aliphatic heterocycles. The fourth-order valence-corrected chi connectivity index (χ4v) is 2.63. The van der Waals surface area contributed by atoms with Gasteiger partial charge in [-0.1, -0.05) is 12.1 Å². The predicted octanol–water partition coefficient (Wildman–Crippen LogP) is 2.38. The van der Waals surface area contributed by atoms with E-state index in [4.69, 9.17) is 4.74 Å². The Bertz CT molecular complexity index is 519. The van der Waals surface area contributed by atoms with Gasteiger partial charge >= 0.3 is 5.97 Å². The second kappa shape index (κ2) is 7.45. The molecule has 1 aliphatic rings. The molecule has 1 aliphatic carbocycles. The summed E-state index contributed by atoms with van der Waals surface area (Å²) < 4.78 is 18.2. The van der Waals surface area contributed by atoms with E-state index in [0.29, 0.717) is 10.8 Å². The molecule has 1 amide bonds. The van der Waals surface area contributed by atoms with Crippen LogP contribution in [0.2, 0.25) is 0 Å². The summed E-state index contributed by atoms with van der Waals surface area (Å²) in [5, 5.41) is 2.80. The lowest BCUT2D eigenvalue weighted by molar-refractivity contribution is -0.146. The standard InChI is InChI=1S/C15H18FNO3S/c1-10(11-6-7-11)17-14(18)8-20-15(19)9-21-13-5-3-2-4-12(13)16/h2-5,10-11H,6-9H2,1H3,(H,17,18)/t10-/m0/s1. The number of carbonyl (C=O) groups is 2. The van der Waals surface area contributed by atoms with Crippen molar-refractivity contribution < 1.29 is 18.7 Å². The van der Waals surface area contributed by atoms with Crippen molar-refractivity contribution in [1.29, 1.82) is 0 Å². The zero-order valence-electron chi connectivity index (χ0n) is 11.8. The number of thioether (sulfide) groups is 1. The number of carbonyl (C=O) groups excluding carboxylic acids is 2. The minimum Gasteiger partial charge on any atom is -0.455 e. The van der Waals surface area contributed by atoms with Crippen LogP contribution in [-0.2, 0) is 14.3 Å². The zero-order chi connectivity index (χ0) is 15.2. The minimum atomic E-state index is -0.530. The van der Waals surface area contributed by atoms with Gasteiger partial charge in [0.15, 0.2) is 6.61 Å². The van der Waals surface area contributed by atoms with Crippen LogP contribution in [0.5, 0.6) is 0 Å².